The van der Waals surface area contributed by atoms with Gasteiger partial charge in [0, 0.05) is 6.92 Å². The molecular weight excluding hydrogens is 293 g/mol. The summed E-state index contributed by atoms with van der Waals surface area (Å²) in [5, 5.41) is 0. The molecule has 1 aromatic carbocycles. The Morgan fingerprint density at radius 2 is 1.64 bits per heavy atom. The SMILES string of the molecule is CC(=O)c1cccc(/C(C)=N\c2ccccc2C(F)(F)F)n1. The van der Waals surface area contributed by atoms with Gasteiger partial charge in [0.1, 0.15) is 5.69 Å². The highest BCUT2D eigenvalue weighted by Gasteiger charge is 2.33. The number of nitrogens with zero attached hydrogens (tertiary/aromatic N) is 2. The summed E-state index contributed by atoms with van der Waals surface area (Å²) in [4.78, 5) is 19.4. The minimum Gasteiger partial charge on any atom is -0.293 e. The van der Waals surface area contributed by atoms with E-state index in [1.165, 1.54) is 25.1 Å². The predicted octanol–water partition coefficient (Wildman–Crippen LogP) is 4.44. The number of ketones is 1. The Bertz CT molecular complexity index is 736. The molecular formula is C16H13F3N2O. The summed E-state index contributed by atoms with van der Waals surface area (Å²) in [5.74, 6) is -0.217. The van der Waals surface area contributed by atoms with Crippen LogP contribution in [0, 0.1) is 0 Å². The standard InChI is InChI=1S/C16H13F3N2O/c1-10(13-8-5-9-14(21-13)11(2)22)20-15-7-4-3-6-12(15)16(17,18)19/h3-9H,1-2H3/b20-10-. The fourth-order valence-electron chi connectivity index (χ4n) is 1.88. The van der Waals surface area contributed by atoms with Crippen LogP contribution in [0.5, 0.6) is 0 Å². The van der Waals surface area contributed by atoms with Crippen molar-refractivity contribution in [1.82, 2.24) is 4.98 Å². The molecule has 0 atom stereocenters. The van der Waals surface area contributed by atoms with E-state index in [0.717, 1.165) is 6.07 Å². The van der Waals surface area contributed by atoms with E-state index in [2.05, 4.69) is 9.98 Å². The van der Waals surface area contributed by atoms with E-state index in [1.54, 1.807) is 25.1 Å². The number of rotatable bonds is 3. The first kappa shape index (κ1) is 15.9. The van der Waals surface area contributed by atoms with Crippen molar-refractivity contribution in [2.45, 2.75) is 20.0 Å². The Labute approximate surface area is 125 Å². The van der Waals surface area contributed by atoms with Crippen molar-refractivity contribution in [2.75, 3.05) is 0 Å². The van der Waals surface area contributed by atoms with Gasteiger partial charge in [0.05, 0.1) is 22.7 Å². The number of carbonyl (C=O) groups excluding carboxylic acids is 1. The third kappa shape index (κ3) is 3.58. The number of halogens is 3. The molecule has 6 heteroatoms. The van der Waals surface area contributed by atoms with Crippen LogP contribution < -0.4 is 0 Å². The van der Waals surface area contributed by atoms with E-state index < -0.39 is 11.7 Å². The molecule has 0 aliphatic heterocycles. The third-order valence-corrected chi connectivity index (χ3v) is 2.98. The lowest BCUT2D eigenvalue weighted by molar-refractivity contribution is -0.137. The molecule has 0 aliphatic rings. The van der Waals surface area contributed by atoms with E-state index in [4.69, 9.17) is 0 Å². The van der Waals surface area contributed by atoms with Gasteiger partial charge in [-0.2, -0.15) is 13.2 Å². The monoisotopic (exact) mass is 306 g/mol. The van der Waals surface area contributed by atoms with Crippen molar-refractivity contribution in [3.63, 3.8) is 0 Å². The van der Waals surface area contributed by atoms with Crippen molar-refractivity contribution in [3.8, 4) is 0 Å². The van der Waals surface area contributed by atoms with Crippen LogP contribution in [-0.2, 0) is 6.18 Å². The molecule has 0 saturated carbocycles. The maximum absolute atomic E-state index is 12.9. The first-order chi connectivity index (χ1) is 10.3. The highest BCUT2D eigenvalue weighted by atomic mass is 19.4. The minimum absolute atomic E-state index is 0.178. The maximum atomic E-state index is 12.9. The Morgan fingerprint density at radius 3 is 2.27 bits per heavy atom. The van der Waals surface area contributed by atoms with Gasteiger partial charge in [-0.1, -0.05) is 18.2 Å². The number of benzene rings is 1. The molecule has 0 saturated heterocycles. The lowest BCUT2D eigenvalue weighted by Crippen LogP contribution is -2.07. The summed E-state index contributed by atoms with van der Waals surface area (Å²) >= 11 is 0. The van der Waals surface area contributed by atoms with Crippen molar-refractivity contribution in [3.05, 3.63) is 59.4 Å². The molecule has 22 heavy (non-hydrogen) atoms. The summed E-state index contributed by atoms with van der Waals surface area (Å²) < 4.78 is 38.8. The minimum atomic E-state index is -4.48. The Hall–Kier alpha value is -2.50. The van der Waals surface area contributed by atoms with E-state index >= 15 is 0 Å². The largest absolute Gasteiger partial charge is 0.418 e. The van der Waals surface area contributed by atoms with E-state index in [0.29, 0.717) is 11.4 Å². The van der Waals surface area contributed by atoms with Gasteiger partial charge < -0.3 is 0 Å². The van der Waals surface area contributed by atoms with Crippen LogP contribution in [0.1, 0.15) is 35.6 Å². The van der Waals surface area contributed by atoms with Gasteiger partial charge in [0.15, 0.2) is 5.78 Å². The lowest BCUT2D eigenvalue weighted by atomic mass is 10.1. The molecule has 0 aliphatic carbocycles. The number of aliphatic imine (C=N–C) groups is 1. The van der Waals surface area contributed by atoms with Gasteiger partial charge in [-0.3, -0.25) is 9.79 Å². The fraction of sp³-hybridized carbons (Fsp3) is 0.188. The number of pyridine rings is 1. The van der Waals surface area contributed by atoms with E-state index in [-0.39, 0.29) is 17.2 Å². The smallest absolute Gasteiger partial charge is 0.293 e. The van der Waals surface area contributed by atoms with Crippen LogP contribution in [0.2, 0.25) is 0 Å². The summed E-state index contributed by atoms with van der Waals surface area (Å²) in [6, 6.07) is 9.83. The molecule has 1 aromatic heterocycles. The molecule has 2 rings (SSSR count). The highest BCUT2D eigenvalue weighted by Crippen LogP contribution is 2.36. The zero-order valence-electron chi connectivity index (χ0n) is 12.0. The van der Waals surface area contributed by atoms with Crippen LogP contribution in [0.25, 0.3) is 0 Å². The molecule has 2 aromatic rings. The van der Waals surface area contributed by atoms with Gasteiger partial charge in [-0.25, -0.2) is 4.98 Å². The second-order valence-corrected chi connectivity index (χ2v) is 4.68. The van der Waals surface area contributed by atoms with Gasteiger partial charge in [0.2, 0.25) is 0 Å². The topological polar surface area (TPSA) is 42.3 Å². The zero-order chi connectivity index (χ0) is 16.3. The molecule has 0 fully saturated rings. The molecule has 0 N–H and O–H groups in total. The number of hydrogen-bond acceptors (Lipinski definition) is 3. The number of aromatic nitrogens is 1. The number of alkyl halides is 3. The maximum Gasteiger partial charge on any atom is 0.418 e. The van der Waals surface area contributed by atoms with Crippen molar-refractivity contribution < 1.29 is 18.0 Å². The van der Waals surface area contributed by atoms with Crippen LogP contribution in [0.3, 0.4) is 0 Å². The summed E-state index contributed by atoms with van der Waals surface area (Å²) in [7, 11) is 0. The number of Topliss-reactive ketones (excluding diaryl/α,β-unsaturated/α-hetero) is 1. The molecule has 114 valence electrons. The highest BCUT2D eigenvalue weighted by molar-refractivity contribution is 6.00. The van der Waals surface area contributed by atoms with Crippen LogP contribution >= 0.6 is 0 Å². The van der Waals surface area contributed by atoms with Crippen LogP contribution in [0.4, 0.5) is 18.9 Å². The molecule has 0 unspecified atom stereocenters. The molecule has 0 radical (unpaired) electrons. The average molecular weight is 306 g/mol. The van der Waals surface area contributed by atoms with E-state index in [9.17, 15) is 18.0 Å². The molecule has 3 nitrogen and oxygen atoms in total. The average Bonchev–Trinajstić information content (AvgIpc) is 2.46. The number of hydrogen-bond donors (Lipinski definition) is 0. The summed E-state index contributed by atoms with van der Waals surface area (Å²) in [6.45, 7) is 2.93. The van der Waals surface area contributed by atoms with Gasteiger partial charge in [0.25, 0.3) is 0 Å². The summed E-state index contributed by atoms with van der Waals surface area (Å²) in [6.07, 6.45) is -4.48. The molecule has 0 bridgehead atoms. The first-order valence-electron chi connectivity index (χ1n) is 6.49. The van der Waals surface area contributed by atoms with E-state index in [1.807, 2.05) is 0 Å². The van der Waals surface area contributed by atoms with Crippen molar-refractivity contribution in [2.24, 2.45) is 4.99 Å². The van der Waals surface area contributed by atoms with Crippen molar-refractivity contribution >= 4 is 17.2 Å². The second kappa shape index (κ2) is 6.09. The first-order valence-corrected chi connectivity index (χ1v) is 6.49. The van der Waals surface area contributed by atoms with Gasteiger partial charge in [-0.15, -0.1) is 0 Å². The lowest BCUT2D eigenvalue weighted by Gasteiger charge is -2.10. The van der Waals surface area contributed by atoms with Crippen molar-refractivity contribution in [1.29, 1.82) is 0 Å². The predicted molar refractivity (Wildman–Crippen MR) is 77.6 cm³/mol. The zero-order valence-corrected chi connectivity index (χ0v) is 12.0. The summed E-state index contributed by atoms with van der Waals surface area (Å²) in [5.41, 5.74) is -0.0692. The third-order valence-electron chi connectivity index (χ3n) is 2.98. The Morgan fingerprint density at radius 1 is 1.00 bits per heavy atom. The van der Waals surface area contributed by atoms with Crippen LogP contribution in [-0.4, -0.2) is 16.5 Å². The number of para-hydroxylation sites is 1. The molecule has 0 spiro atoms. The fourth-order valence-corrected chi connectivity index (χ4v) is 1.88. The number of carbonyl (C=O) groups is 1. The van der Waals surface area contributed by atoms with Gasteiger partial charge >= 0.3 is 6.18 Å². The second-order valence-electron chi connectivity index (χ2n) is 4.68. The quantitative estimate of drug-likeness (QED) is 0.621. The van der Waals surface area contributed by atoms with Crippen LogP contribution in [0.15, 0.2) is 47.5 Å². The Balaban J connectivity index is 2.46. The Kier molecular flexibility index (Phi) is 4.40. The molecule has 0 amide bonds. The molecule has 1 heterocycles. The normalized spacial score (nSPS) is 12.3. The van der Waals surface area contributed by atoms with Gasteiger partial charge in [-0.05, 0) is 31.2 Å².